The molecule has 1 N–H and O–H groups in total. The minimum absolute atomic E-state index is 0.153. The van der Waals surface area contributed by atoms with Crippen molar-refractivity contribution in [1.29, 1.82) is 0 Å². The Morgan fingerprint density at radius 3 is 2.61 bits per heavy atom. The SMILES string of the molecule is O=C(Nc1ccnc2ccnn12)C1CCN(S(=O)(=O)c2ccc3c(c2)OCCO3)CC1. The van der Waals surface area contributed by atoms with Crippen LogP contribution >= 0.6 is 0 Å². The van der Waals surface area contributed by atoms with Crippen LogP contribution in [-0.4, -0.2) is 59.5 Å². The number of aromatic nitrogens is 3. The number of piperidine rings is 1. The van der Waals surface area contributed by atoms with Gasteiger partial charge in [0, 0.05) is 37.3 Å². The number of fused-ring (bicyclic) bond motifs is 2. The molecule has 0 radical (unpaired) electrons. The van der Waals surface area contributed by atoms with Crippen molar-refractivity contribution in [2.24, 2.45) is 5.92 Å². The average Bonchev–Trinajstić information content (AvgIpc) is 3.29. The van der Waals surface area contributed by atoms with E-state index in [4.69, 9.17) is 9.47 Å². The second kappa shape index (κ2) is 7.82. The molecule has 5 rings (SSSR count). The number of ether oxygens (including phenoxy) is 2. The zero-order valence-corrected chi connectivity index (χ0v) is 17.4. The first-order valence-corrected chi connectivity index (χ1v) is 11.5. The molecule has 1 aromatic carbocycles. The summed E-state index contributed by atoms with van der Waals surface area (Å²) in [5.41, 5.74) is 0.637. The number of amides is 1. The number of anilines is 1. The highest BCUT2D eigenvalue weighted by atomic mass is 32.2. The molecule has 10 nitrogen and oxygen atoms in total. The fourth-order valence-corrected chi connectivity index (χ4v) is 5.33. The zero-order valence-electron chi connectivity index (χ0n) is 16.6. The number of carbonyl (C=O) groups excluding carboxylic acids is 1. The number of benzene rings is 1. The average molecular weight is 443 g/mol. The third-order valence-corrected chi connectivity index (χ3v) is 7.41. The largest absolute Gasteiger partial charge is 0.486 e. The second-order valence-corrected chi connectivity index (χ2v) is 9.34. The molecule has 0 aliphatic carbocycles. The predicted octanol–water partition coefficient (Wildman–Crippen LogP) is 1.54. The minimum Gasteiger partial charge on any atom is -0.486 e. The summed E-state index contributed by atoms with van der Waals surface area (Å²) in [6.07, 6.45) is 4.08. The van der Waals surface area contributed by atoms with Crippen LogP contribution in [0.15, 0.2) is 47.6 Å². The molecule has 2 aliphatic heterocycles. The third-order valence-electron chi connectivity index (χ3n) is 5.52. The Kier molecular flexibility index (Phi) is 4.98. The van der Waals surface area contributed by atoms with E-state index in [1.807, 2.05) is 0 Å². The van der Waals surface area contributed by atoms with Crippen LogP contribution in [0.5, 0.6) is 11.5 Å². The molecule has 1 amide bonds. The van der Waals surface area contributed by atoms with Crippen molar-refractivity contribution >= 4 is 27.4 Å². The van der Waals surface area contributed by atoms with Crippen molar-refractivity contribution in [1.82, 2.24) is 18.9 Å². The summed E-state index contributed by atoms with van der Waals surface area (Å²) >= 11 is 0. The van der Waals surface area contributed by atoms with E-state index in [2.05, 4.69) is 15.4 Å². The van der Waals surface area contributed by atoms with E-state index >= 15 is 0 Å². The molecule has 0 atom stereocenters. The molecule has 2 aromatic heterocycles. The summed E-state index contributed by atoms with van der Waals surface area (Å²) in [6.45, 7) is 1.37. The van der Waals surface area contributed by atoms with Crippen LogP contribution < -0.4 is 14.8 Å². The molecule has 162 valence electrons. The Hall–Kier alpha value is -3.18. The van der Waals surface area contributed by atoms with Crippen molar-refractivity contribution in [2.45, 2.75) is 17.7 Å². The maximum absolute atomic E-state index is 13.1. The minimum atomic E-state index is -3.68. The molecule has 2 aliphatic rings. The molecule has 3 aromatic rings. The maximum atomic E-state index is 13.1. The lowest BCUT2D eigenvalue weighted by molar-refractivity contribution is -0.120. The lowest BCUT2D eigenvalue weighted by Crippen LogP contribution is -2.41. The topological polar surface area (TPSA) is 115 Å². The van der Waals surface area contributed by atoms with E-state index < -0.39 is 10.0 Å². The van der Waals surface area contributed by atoms with Crippen LogP contribution in [0.3, 0.4) is 0 Å². The molecule has 4 heterocycles. The number of hydrogen-bond acceptors (Lipinski definition) is 7. The summed E-state index contributed by atoms with van der Waals surface area (Å²) < 4.78 is 40.1. The van der Waals surface area contributed by atoms with E-state index in [1.54, 1.807) is 35.1 Å². The van der Waals surface area contributed by atoms with Gasteiger partial charge in [0.05, 0.1) is 11.1 Å². The van der Waals surface area contributed by atoms with Crippen LogP contribution in [0, 0.1) is 5.92 Å². The van der Waals surface area contributed by atoms with Crippen LogP contribution in [-0.2, 0) is 14.8 Å². The quantitative estimate of drug-likeness (QED) is 0.650. The van der Waals surface area contributed by atoms with Gasteiger partial charge in [-0.05, 0) is 31.0 Å². The molecule has 11 heteroatoms. The molecule has 0 spiro atoms. The summed E-state index contributed by atoms with van der Waals surface area (Å²) in [6, 6.07) is 8.07. The van der Waals surface area contributed by atoms with E-state index in [9.17, 15) is 13.2 Å². The molecule has 1 fully saturated rings. The molecule has 1 saturated heterocycles. The molecule has 0 unspecified atom stereocenters. The summed E-state index contributed by atoms with van der Waals surface area (Å²) in [7, 11) is -3.68. The summed E-state index contributed by atoms with van der Waals surface area (Å²) in [4.78, 5) is 17.1. The summed E-state index contributed by atoms with van der Waals surface area (Å²) in [5.74, 6) is 1.07. The number of rotatable bonds is 4. The maximum Gasteiger partial charge on any atom is 0.243 e. The number of hydrogen-bond donors (Lipinski definition) is 1. The number of carbonyl (C=O) groups is 1. The van der Waals surface area contributed by atoms with Crippen molar-refractivity contribution in [3.05, 3.63) is 42.7 Å². The molecule has 31 heavy (non-hydrogen) atoms. The van der Waals surface area contributed by atoms with Gasteiger partial charge in [-0.15, -0.1) is 0 Å². The monoisotopic (exact) mass is 443 g/mol. The van der Waals surface area contributed by atoms with Gasteiger partial charge in [-0.3, -0.25) is 4.79 Å². The number of nitrogens with one attached hydrogen (secondary N) is 1. The van der Waals surface area contributed by atoms with Gasteiger partial charge >= 0.3 is 0 Å². The van der Waals surface area contributed by atoms with Crippen LogP contribution in [0.2, 0.25) is 0 Å². The van der Waals surface area contributed by atoms with Gasteiger partial charge in [0.25, 0.3) is 0 Å². The Morgan fingerprint density at radius 1 is 1.03 bits per heavy atom. The van der Waals surface area contributed by atoms with Crippen molar-refractivity contribution in [3.63, 3.8) is 0 Å². The fraction of sp³-hybridized carbons (Fsp3) is 0.350. The van der Waals surface area contributed by atoms with E-state index in [0.29, 0.717) is 49.0 Å². The highest BCUT2D eigenvalue weighted by Crippen LogP contribution is 2.34. The normalized spacial score (nSPS) is 17.5. The Bertz CT molecular complexity index is 1230. The predicted molar refractivity (Wildman–Crippen MR) is 111 cm³/mol. The van der Waals surface area contributed by atoms with E-state index in [1.165, 1.54) is 16.4 Å². The third kappa shape index (κ3) is 3.70. The van der Waals surface area contributed by atoms with Gasteiger partial charge in [0.1, 0.15) is 19.0 Å². The Balaban J connectivity index is 1.25. The van der Waals surface area contributed by atoms with Crippen LogP contribution in [0.1, 0.15) is 12.8 Å². The zero-order chi connectivity index (χ0) is 21.4. The highest BCUT2D eigenvalue weighted by molar-refractivity contribution is 7.89. The van der Waals surface area contributed by atoms with E-state index in [-0.39, 0.29) is 29.8 Å². The van der Waals surface area contributed by atoms with Crippen molar-refractivity contribution in [3.8, 4) is 11.5 Å². The molecular weight excluding hydrogens is 422 g/mol. The number of sulfonamides is 1. The van der Waals surface area contributed by atoms with Gasteiger partial charge in [0.15, 0.2) is 17.1 Å². The molecule has 0 bridgehead atoms. The second-order valence-electron chi connectivity index (χ2n) is 7.40. The van der Waals surface area contributed by atoms with Gasteiger partial charge in [-0.25, -0.2) is 13.4 Å². The lowest BCUT2D eigenvalue weighted by Gasteiger charge is -2.30. The van der Waals surface area contributed by atoms with Crippen LogP contribution in [0.4, 0.5) is 5.82 Å². The van der Waals surface area contributed by atoms with E-state index in [0.717, 1.165) is 0 Å². The van der Waals surface area contributed by atoms with Crippen molar-refractivity contribution in [2.75, 3.05) is 31.6 Å². The first kappa shape index (κ1) is 19.8. The van der Waals surface area contributed by atoms with Gasteiger partial charge in [-0.2, -0.15) is 13.9 Å². The molecule has 0 saturated carbocycles. The lowest BCUT2D eigenvalue weighted by atomic mass is 9.97. The Labute approximate surface area is 178 Å². The molecular formula is C20H21N5O5S. The summed E-state index contributed by atoms with van der Waals surface area (Å²) in [5, 5.41) is 7.04. The van der Waals surface area contributed by atoms with Gasteiger partial charge in [0.2, 0.25) is 15.9 Å². The fourth-order valence-electron chi connectivity index (χ4n) is 3.85. The van der Waals surface area contributed by atoms with Crippen molar-refractivity contribution < 1.29 is 22.7 Å². The number of nitrogens with zero attached hydrogens (tertiary/aromatic N) is 4. The first-order chi connectivity index (χ1) is 15.0. The smallest absolute Gasteiger partial charge is 0.243 e. The Morgan fingerprint density at radius 2 is 1.81 bits per heavy atom. The standard InChI is InChI=1S/C20H21N5O5S/c26-20(23-19-3-7-21-18-4-8-22-25(18)19)14-5-9-24(10-6-14)31(27,28)15-1-2-16-17(13-15)30-12-11-29-16/h1-4,7-8,13-14H,5-6,9-12H2,(H,23,26). The highest BCUT2D eigenvalue weighted by Gasteiger charge is 2.33. The van der Waals surface area contributed by atoms with Crippen LogP contribution in [0.25, 0.3) is 5.65 Å². The first-order valence-electron chi connectivity index (χ1n) is 10.0. The van der Waals surface area contributed by atoms with Gasteiger partial charge in [-0.1, -0.05) is 0 Å². The van der Waals surface area contributed by atoms with Gasteiger partial charge < -0.3 is 14.8 Å².